The molecule has 2 rings (SSSR count). The summed E-state index contributed by atoms with van der Waals surface area (Å²) in [6.45, 7) is 5.63. The monoisotopic (exact) mass is 382 g/mol. The number of amides is 1. The van der Waals surface area contributed by atoms with Gasteiger partial charge in [-0.3, -0.25) is 4.90 Å². The molecule has 1 heterocycles. The van der Waals surface area contributed by atoms with Gasteiger partial charge in [-0.1, -0.05) is 34.1 Å². The number of carbonyl (C=O) groups excluding carboxylic acids is 2. The van der Waals surface area contributed by atoms with Crippen molar-refractivity contribution in [1.82, 2.24) is 4.90 Å². The highest BCUT2D eigenvalue weighted by Crippen LogP contribution is 2.35. The third kappa shape index (κ3) is 3.86. The van der Waals surface area contributed by atoms with Crippen molar-refractivity contribution < 1.29 is 19.4 Å². The van der Waals surface area contributed by atoms with Crippen molar-refractivity contribution in [1.29, 1.82) is 0 Å². The molecular formula is C17H21BrNO4-. The SMILES string of the molecule is CC(C)(C)OC(=O)N1CCC[C@@]1(Cc1ccccc1Br)C(=O)[O-]. The number of nitrogens with zero attached hydrogens (tertiary/aromatic N) is 1. The van der Waals surface area contributed by atoms with Crippen LogP contribution in [0, 0.1) is 0 Å². The van der Waals surface area contributed by atoms with Gasteiger partial charge in [-0.2, -0.15) is 0 Å². The van der Waals surface area contributed by atoms with E-state index in [9.17, 15) is 14.7 Å². The number of halogens is 1. The van der Waals surface area contributed by atoms with Crippen LogP contribution in [0.1, 0.15) is 39.2 Å². The summed E-state index contributed by atoms with van der Waals surface area (Å²) < 4.78 is 6.20. The van der Waals surface area contributed by atoms with Crippen molar-refractivity contribution in [3.63, 3.8) is 0 Å². The van der Waals surface area contributed by atoms with Gasteiger partial charge in [-0.05, 0) is 45.2 Å². The zero-order valence-corrected chi connectivity index (χ0v) is 15.2. The van der Waals surface area contributed by atoms with E-state index in [1.165, 1.54) is 4.90 Å². The summed E-state index contributed by atoms with van der Waals surface area (Å²) in [5.74, 6) is -1.24. The molecule has 6 heteroatoms. The van der Waals surface area contributed by atoms with Gasteiger partial charge in [-0.15, -0.1) is 0 Å². The van der Waals surface area contributed by atoms with E-state index in [0.717, 1.165) is 10.0 Å². The first kappa shape index (κ1) is 17.8. The number of carboxylic acids is 1. The van der Waals surface area contributed by atoms with Crippen molar-refractivity contribution >= 4 is 28.0 Å². The lowest BCUT2D eigenvalue weighted by Gasteiger charge is -2.40. The van der Waals surface area contributed by atoms with Crippen LogP contribution in [0.2, 0.25) is 0 Å². The summed E-state index contributed by atoms with van der Waals surface area (Å²) in [5.41, 5.74) is -1.22. The summed E-state index contributed by atoms with van der Waals surface area (Å²) >= 11 is 3.43. The lowest BCUT2D eigenvalue weighted by Crippen LogP contribution is -2.60. The van der Waals surface area contributed by atoms with Gasteiger partial charge >= 0.3 is 6.09 Å². The Kier molecular flexibility index (Phi) is 5.04. The molecule has 1 aromatic carbocycles. The summed E-state index contributed by atoms with van der Waals surface area (Å²) in [4.78, 5) is 25.7. The van der Waals surface area contributed by atoms with Crippen molar-refractivity contribution in [2.75, 3.05) is 6.54 Å². The number of carboxylic acid groups (broad SMARTS) is 1. The van der Waals surface area contributed by atoms with E-state index in [4.69, 9.17) is 4.74 Å². The molecule has 126 valence electrons. The zero-order valence-electron chi connectivity index (χ0n) is 13.6. The molecule has 0 bridgehead atoms. The molecule has 0 aliphatic carbocycles. The minimum atomic E-state index is -1.37. The van der Waals surface area contributed by atoms with Crippen molar-refractivity contribution in [3.05, 3.63) is 34.3 Å². The maximum absolute atomic E-state index is 12.5. The number of carbonyl (C=O) groups is 2. The van der Waals surface area contributed by atoms with E-state index in [-0.39, 0.29) is 6.42 Å². The largest absolute Gasteiger partial charge is 0.548 e. The molecule has 1 aromatic rings. The Morgan fingerprint density at radius 2 is 2.00 bits per heavy atom. The van der Waals surface area contributed by atoms with Crippen LogP contribution in [0.5, 0.6) is 0 Å². The van der Waals surface area contributed by atoms with Gasteiger partial charge in [0.1, 0.15) is 5.60 Å². The maximum Gasteiger partial charge on any atom is 0.411 e. The number of hydrogen-bond donors (Lipinski definition) is 0. The molecule has 1 saturated heterocycles. The fraction of sp³-hybridized carbons (Fsp3) is 0.529. The van der Waals surface area contributed by atoms with E-state index in [1.54, 1.807) is 20.8 Å². The average Bonchev–Trinajstić information content (AvgIpc) is 2.84. The Morgan fingerprint density at radius 3 is 2.57 bits per heavy atom. The van der Waals surface area contributed by atoms with E-state index < -0.39 is 23.2 Å². The van der Waals surface area contributed by atoms with E-state index in [1.807, 2.05) is 24.3 Å². The average molecular weight is 383 g/mol. The lowest BCUT2D eigenvalue weighted by atomic mass is 9.88. The van der Waals surface area contributed by atoms with E-state index >= 15 is 0 Å². The van der Waals surface area contributed by atoms with Gasteiger partial charge in [0.2, 0.25) is 0 Å². The Bertz CT molecular complexity index is 611. The summed E-state index contributed by atoms with van der Waals surface area (Å²) in [5, 5.41) is 11.9. The van der Waals surface area contributed by atoms with Crippen molar-refractivity contribution in [2.45, 2.75) is 51.2 Å². The molecule has 1 atom stereocenters. The van der Waals surface area contributed by atoms with Crippen LogP contribution in [0.15, 0.2) is 28.7 Å². The van der Waals surface area contributed by atoms with Crippen LogP contribution < -0.4 is 5.11 Å². The van der Waals surface area contributed by atoms with Gasteiger partial charge in [0.25, 0.3) is 0 Å². The second kappa shape index (κ2) is 6.51. The molecule has 1 amide bonds. The Morgan fingerprint density at radius 1 is 1.35 bits per heavy atom. The predicted molar refractivity (Wildman–Crippen MR) is 87.8 cm³/mol. The third-order valence-corrected chi connectivity index (χ3v) is 4.70. The lowest BCUT2D eigenvalue weighted by molar-refractivity contribution is -0.317. The first-order valence-electron chi connectivity index (χ1n) is 7.61. The summed E-state index contributed by atoms with van der Waals surface area (Å²) in [6, 6.07) is 7.40. The van der Waals surface area contributed by atoms with Gasteiger partial charge in [0.05, 0.1) is 11.5 Å². The van der Waals surface area contributed by atoms with Gasteiger partial charge in [0, 0.05) is 17.4 Å². The highest BCUT2D eigenvalue weighted by molar-refractivity contribution is 9.10. The molecule has 1 fully saturated rings. The fourth-order valence-corrected chi connectivity index (χ4v) is 3.31. The molecule has 1 aliphatic rings. The molecule has 0 saturated carbocycles. The van der Waals surface area contributed by atoms with Crippen molar-refractivity contribution in [2.24, 2.45) is 0 Å². The van der Waals surface area contributed by atoms with Crippen LogP contribution in [-0.2, 0) is 16.0 Å². The molecule has 0 aromatic heterocycles. The van der Waals surface area contributed by atoms with Gasteiger partial charge in [0.15, 0.2) is 0 Å². The van der Waals surface area contributed by atoms with Crippen LogP contribution >= 0.6 is 15.9 Å². The maximum atomic E-state index is 12.5. The van der Waals surface area contributed by atoms with Gasteiger partial charge < -0.3 is 14.6 Å². The third-order valence-electron chi connectivity index (χ3n) is 3.92. The van der Waals surface area contributed by atoms with E-state index in [2.05, 4.69) is 15.9 Å². The number of hydrogen-bond acceptors (Lipinski definition) is 4. The topological polar surface area (TPSA) is 69.7 Å². The zero-order chi connectivity index (χ0) is 17.3. The normalized spacial score (nSPS) is 21.3. The smallest absolute Gasteiger partial charge is 0.411 e. The molecule has 0 N–H and O–H groups in total. The second-order valence-electron chi connectivity index (χ2n) is 6.82. The molecule has 1 aliphatic heterocycles. The molecule has 5 nitrogen and oxygen atoms in total. The summed E-state index contributed by atoms with van der Waals surface area (Å²) in [7, 11) is 0. The first-order valence-corrected chi connectivity index (χ1v) is 8.40. The first-order chi connectivity index (χ1) is 10.7. The molecule has 23 heavy (non-hydrogen) atoms. The minimum absolute atomic E-state index is 0.190. The van der Waals surface area contributed by atoms with Crippen LogP contribution in [-0.4, -0.2) is 34.6 Å². The quantitative estimate of drug-likeness (QED) is 0.804. The molecule has 0 unspecified atom stereocenters. The van der Waals surface area contributed by atoms with Crippen LogP contribution in [0.25, 0.3) is 0 Å². The number of benzene rings is 1. The number of ether oxygens (including phenoxy) is 1. The Labute approximate surface area is 144 Å². The van der Waals surface area contributed by atoms with Crippen LogP contribution in [0.4, 0.5) is 4.79 Å². The highest BCUT2D eigenvalue weighted by Gasteiger charge is 2.46. The number of rotatable bonds is 3. The Balaban J connectivity index is 2.33. The highest BCUT2D eigenvalue weighted by atomic mass is 79.9. The minimum Gasteiger partial charge on any atom is -0.548 e. The van der Waals surface area contributed by atoms with Crippen LogP contribution in [0.3, 0.4) is 0 Å². The van der Waals surface area contributed by atoms with Crippen molar-refractivity contribution in [3.8, 4) is 0 Å². The predicted octanol–water partition coefficient (Wildman–Crippen LogP) is 2.51. The molecular weight excluding hydrogens is 362 g/mol. The fourth-order valence-electron chi connectivity index (χ4n) is 2.89. The number of aliphatic carboxylic acids is 1. The molecule has 0 radical (unpaired) electrons. The Hall–Kier alpha value is -1.56. The second-order valence-corrected chi connectivity index (χ2v) is 7.68. The molecule has 0 spiro atoms. The van der Waals surface area contributed by atoms with E-state index in [0.29, 0.717) is 19.4 Å². The van der Waals surface area contributed by atoms with Gasteiger partial charge in [-0.25, -0.2) is 4.79 Å². The summed E-state index contributed by atoms with van der Waals surface area (Å²) in [6.07, 6.45) is 0.551. The standard InChI is InChI=1S/C17H22BrNO4/c1-16(2,3)23-15(22)19-10-6-9-17(19,14(20)21)11-12-7-4-5-8-13(12)18/h4-5,7-8H,6,9-11H2,1-3H3,(H,20,21)/p-1/t17-/m1/s1. The number of likely N-dealkylation sites (tertiary alicyclic amines) is 1.